The van der Waals surface area contributed by atoms with Crippen LogP contribution in [0.5, 0.6) is 11.5 Å². The van der Waals surface area contributed by atoms with Gasteiger partial charge in [0.1, 0.15) is 17.2 Å². The summed E-state index contributed by atoms with van der Waals surface area (Å²) >= 11 is 5.86. The summed E-state index contributed by atoms with van der Waals surface area (Å²) in [5.74, 6) is 0.595. The van der Waals surface area contributed by atoms with Crippen LogP contribution >= 0.6 is 11.6 Å². The SMILES string of the molecule is COc1ccc2nc(C(=O)Oc3cccc(Cl)c3)ccc2c1. The Morgan fingerprint density at radius 2 is 1.91 bits per heavy atom. The van der Waals surface area contributed by atoms with Crippen LogP contribution in [0.1, 0.15) is 10.5 Å². The number of halogens is 1. The summed E-state index contributed by atoms with van der Waals surface area (Å²) in [6.07, 6.45) is 0. The van der Waals surface area contributed by atoms with E-state index in [1.165, 1.54) is 0 Å². The number of methoxy groups -OCH3 is 1. The van der Waals surface area contributed by atoms with Crippen molar-refractivity contribution in [3.05, 3.63) is 65.3 Å². The van der Waals surface area contributed by atoms with Crippen LogP contribution in [0, 0.1) is 0 Å². The first-order valence-corrected chi connectivity index (χ1v) is 6.96. The van der Waals surface area contributed by atoms with Crippen molar-refractivity contribution in [1.82, 2.24) is 4.98 Å². The van der Waals surface area contributed by atoms with E-state index in [1.54, 1.807) is 55.6 Å². The van der Waals surface area contributed by atoms with Crippen LogP contribution in [0.2, 0.25) is 5.02 Å². The number of esters is 1. The van der Waals surface area contributed by atoms with Gasteiger partial charge >= 0.3 is 5.97 Å². The second kappa shape index (κ2) is 6.03. The lowest BCUT2D eigenvalue weighted by molar-refractivity contribution is 0.0729. The molecular weight excluding hydrogens is 302 g/mol. The molecule has 0 aliphatic rings. The normalized spacial score (nSPS) is 10.5. The van der Waals surface area contributed by atoms with E-state index in [1.807, 2.05) is 6.07 Å². The van der Waals surface area contributed by atoms with Gasteiger partial charge in [-0.3, -0.25) is 0 Å². The van der Waals surface area contributed by atoms with Crippen LogP contribution in [0.25, 0.3) is 10.9 Å². The lowest BCUT2D eigenvalue weighted by Crippen LogP contribution is -2.10. The van der Waals surface area contributed by atoms with Crippen molar-refractivity contribution < 1.29 is 14.3 Å². The van der Waals surface area contributed by atoms with Crippen LogP contribution in [-0.2, 0) is 0 Å². The zero-order chi connectivity index (χ0) is 15.5. The average Bonchev–Trinajstić information content (AvgIpc) is 2.53. The Bertz CT molecular complexity index is 848. The molecule has 5 heteroatoms. The number of hydrogen-bond acceptors (Lipinski definition) is 4. The van der Waals surface area contributed by atoms with Gasteiger partial charge in [0, 0.05) is 10.4 Å². The molecule has 2 aromatic carbocycles. The maximum Gasteiger partial charge on any atom is 0.362 e. The lowest BCUT2D eigenvalue weighted by Gasteiger charge is -2.06. The molecule has 3 rings (SSSR count). The highest BCUT2D eigenvalue weighted by Crippen LogP contribution is 2.21. The summed E-state index contributed by atoms with van der Waals surface area (Å²) < 4.78 is 10.4. The Hall–Kier alpha value is -2.59. The fourth-order valence-electron chi connectivity index (χ4n) is 2.03. The summed E-state index contributed by atoms with van der Waals surface area (Å²) in [6, 6.07) is 15.5. The minimum Gasteiger partial charge on any atom is -0.497 e. The van der Waals surface area contributed by atoms with E-state index >= 15 is 0 Å². The Balaban J connectivity index is 1.87. The summed E-state index contributed by atoms with van der Waals surface area (Å²) in [5.41, 5.74) is 0.930. The average molecular weight is 314 g/mol. The molecular formula is C17H12ClNO3. The monoisotopic (exact) mass is 313 g/mol. The molecule has 0 fully saturated rings. The molecule has 110 valence electrons. The third kappa shape index (κ3) is 3.02. The highest BCUT2D eigenvalue weighted by Gasteiger charge is 2.11. The van der Waals surface area contributed by atoms with Gasteiger partial charge in [-0.1, -0.05) is 23.7 Å². The van der Waals surface area contributed by atoms with Crippen LogP contribution < -0.4 is 9.47 Å². The molecule has 0 bridgehead atoms. The minimum atomic E-state index is -0.528. The van der Waals surface area contributed by atoms with Crippen molar-refractivity contribution >= 4 is 28.5 Å². The van der Waals surface area contributed by atoms with E-state index in [2.05, 4.69) is 4.98 Å². The van der Waals surface area contributed by atoms with Gasteiger partial charge in [-0.15, -0.1) is 0 Å². The molecule has 0 atom stereocenters. The Labute approximate surface area is 132 Å². The molecule has 0 radical (unpaired) electrons. The number of nitrogens with zero attached hydrogens (tertiary/aromatic N) is 1. The number of pyridine rings is 1. The van der Waals surface area contributed by atoms with Crippen LogP contribution in [0.3, 0.4) is 0 Å². The van der Waals surface area contributed by atoms with Crippen molar-refractivity contribution in [3.8, 4) is 11.5 Å². The Morgan fingerprint density at radius 1 is 1.05 bits per heavy atom. The van der Waals surface area contributed by atoms with Gasteiger partial charge in [0.05, 0.1) is 12.6 Å². The maximum atomic E-state index is 12.1. The summed E-state index contributed by atoms with van der Waals surface area (Å²) in [5, 5.41) is 1.39. The molecule has 0 saturated heterocycles. The van der Waals surface area contributed by atoms with Crippen LogP contribution in [0.15, 0.2) is 54.6 Å². The molecule has 0 amide bonds. The zero-order valence-electron chi connectivity index (χ0n) is 11.7. The maximum absolute atomic E-state index is 12.1. The molecule has 0 aliphatic heterocycles. The molecule has 3 aromatic rings. The Kier molecular flexibility index (Phi) is 3.94. The smallest absolute Gasteiger partial charge is 0.362 e. The highest BCUT2D eigenvalue weighted by atomic mass is 35.5. The van der Waals surface area contributed by atoms with Crippen molar-refractivity contribution in [2.24, 2.45) is 0 Å². The zero-order valence-corrected chi connectivity index (χ0v) is 12.5. The van der Waals surface area contributed by atoms with Crippen molar-refractivity contribution in [2.45, 2.75) is 0 Å². The molecule has 4 nitrogen and oxygen atoms in total. The number of carbonyl (C=O) groups is 1. The number of benzene rings is 2. The van der Waals surface area contributed by atoms with E-state index in [4.69, 9.17) is 21.1 Å². The third-order valence-corrected chi connectivity index (χ3v) is 3.35. The number of ether oxygens (including phenoxy) is 2. The summed E-state index contributed by atoms with van der Waals surface area (Å²) in [6.45, 7) is 0. The van der Waals surface area contributed by atoms with E-state index < -0.39 is 5.97 Å². The first-order valence-electron chi connectivity index (χ1n) is 6.58. The number of hydrogen-bond donors (Lipinski definition) is 0. The van der Waals surface area contributed by atoms with E-state index in [9.17, 15) is 4.79 Å². The molecule has 0 spiro atoms. The lowest BCUT2D eigenvalue weighted by atomic mass is 10.2. The van der Waals surface area contributed by atoms with Gasteiger partial charge < -0.3 is 9.47 Å². The van der Waals surface area contributed by atoms with Gasteiger partial charge in [0.15, 0.2) is 0 Å². The van der Waals surface area contributed by atoms with Crippen molar-refractivity contribution in [3.63, 3.8) is 0 Å². The predicted molar refractivity (Wildman–Crippen MR) is 84.7 cm³/mol. The van der Waals surface area contributed by atoms with Crippen LogP contribution in [0.4, 0.5) is 0 Å². The standard InChI is InChI=1S/C17H12ClNO3/c1-21-13-6-8-15-11(9-13)5-7-16(19-15)17(20)22-14-4-2-3-12(18)10-14/h2-10H,1H3. The van der Waals surface area contributed by atoms with Gasteiger partial charge in [-0.05, 0) is 42.5 Å². The number of rotatable bonds is 3. The quantitative estimate of drug-likeness (QED) is 0.539. The molecule has 0 saturated carbocycles. The second-order valence-electron chi connectivity index (χ2n) is 4.60. The fraction of sp³-hybridized carbons (Fsp3) is 0.0588. The summed E-state index contributed by atoms with van der Waals surface area (Å²) in [4.78, 5) is 16.4. The first-order chi connectivity index (χ1) is 10.7. The Morgan fingerprint density at radius 3 is 2.68 bits per heavy atom. The van der Waals surface area contributed by atoms with Gasteiger partial charge in [-0.25, -0.2) is 9.78 Å². The largest absolute Gasteiger partial charge is 0.497 e. The first kappa shape index (κ1) is 14.4. The third-order valence-electron chi connectivity index (χ3n) is 3.11. The molecule has 1 aromatic heterocycles. The summed E-state index contributed by atoms with van der Waals surface area (Å²) in [7, 11) is 1.60. The second-order valence-corrected chi connectivity index (χ2v) is 5.04. The van der Waals surface area contributed by atoms with Gasteiger partial charge in [0.25, 0.3) is 0 Å². The van der Waals surface area contributed by atoms with Crippen LogP contribution in [-0.4, -0.2) is 18.1 Å². The van der Waals surface area contributed by atoms with Crippen molar-refractivity contribution in [1.29, 1.82) is 0 Å². The molecule has 1 heterocycles. The van der Waals surface area contributed by atoms with Gasteiger partial charge in [0.2, 0.25) is 0 Å². The van der Waals surface area contributed by atoms with Crippen molar-refractivity contribution in [2.75, 3.05) is 7.11 Å². The van der Waals surface area contributed by atoms with E-state index in [-0.39, 0.29) is 5.69 Å². The molecule has 0 N–H and O–H groups in total. The molecule has 0 aliphatic carbocycles. The molecule has 0 unspecified atom stereocenters. The van der Waals surface area contributed by atoms with E-state index in [0.717, 1.165) is 11.1 Å². The highest BCUT2D eigenvalue weighted by molar-refractivity contribution is 6.30. The minimum absolute atomic E-state index is 0.234. The van der Waals surface area contributed by atoms with Gasteiger partial charge in [-0.2, -0.15) is 0 Å². The molecule has 22 heavy (non-hydrogen) atoms. The number of fused-ring (bicyclic) bond motifs is 1. The number of aromatic nitrogens is 1. The topological polar surface area (TPSA) is 48.4 Å². The predicted octanol–water partition coefficient (Wildman–Crippen LogP) is 4.12. The number of carbonyl (C=O) groups excluding carboxylic acids is 1. The van der Waals surface area contributed by atoms with E-state index in [0.29, 0.717) is 16.3 Å². The fourth-order valence-corrected chi connectivity index (χ4v) is 2.21.